The molecule has 1 aromatic rings. The molecule has 0 unspecified atom stereocenters. The van der Waals surface area contributed by atoms with Gasteiger partial charge in [0.05, 0.1) is 18.1 Å². The Hall–Kier alpha value is -0.810. The highest BCUT2D eigenvalue weighted by molar-refractivity contribution is 7.99. The number of ether oxygens (including phenoxy) is 1. The van der Waals surface area contributed by atoms with Crippen molar-refractivity contribution < 1.29 is 9.53 Å². The van der Waals surface area contributed by atoms with Gasteiger partial charge in [-0.05, 0) is 20.8 Å². The fraction of sp³-hybridized carbons (Fsp3) is 0.500. The van der Waals surface area contributed by atoms with E-state index in [2.05, 4.69) is 9.97 Å². The van der Waals surface area contributed by atoms with Crippen LogP contribution < -0.4 is 0 Å². The number of thioether (sulfide) groups is 1. The molecule has 1 heterocycles. The monoisotopic (exact) mass is 260 g/mol. The molecule has 0 N–H and O–H groups in total. The van der Waals surface area contributed by atoms with Gasteiger partial charge in [-0.25, -0.2) is 4.98 Å². The number of nitrogens with zero attached hydrogens (tertiary/aromatic N) is 2. The van der Waals surface area contributed by atoms with Crippen LogP contribution in [0.2, 0.25) is 5.15 Å². The number of halogens is 1. The van der Waals surface area contributed by atoms with Gasteiger partial charge in [-0.15, -0.1) is 0 Å². The summed E-state index contributed by atoms with van der Waals surface area (Å²) >= 11 is 6.91. The van der Waals surface area contributed by atoms with Gasteiger partial charge in [-0.3, -0.25) is 9.78 Å². The number of hydrogen-bond acceptors (Lipinski definition) is 5. The van der Waals surface area contributed by atoms with Crippen LogP contribution in [0.1, 0.15) is 20.8 Å². The first-order valence-corrected chi connectivity index (χ1v) is 6.05. The van der Waals surface area contributed by atoms with Gasteiger partial charge in [0.1, 0.15) is 15.8 Å². The highest BCUT2D eigenvalue weighted by atomic mass is 35.5. The van der Waals surface area contributed by atoms with Crippen molar-refractivity contribution in [1.82, 2.24) is 9.97 Å². The summed E-state index contributed by atoms with van der Waals surface area (Å²) in [5, 5.41) is 0.924. The molecule has 16 heavy (non-hydrogen) atoms. The Balaban J connectivity index is 2.43. The first-order chi connectivity index (χ1) is 7.37. The smallest absolute Gasteiger partial charge is 0.316 e. The molecule has 1 rings (SSSR count). The standard InChI is InChI=1S/C10H13ClN2O2S/c1-10(2,3)15-9(14)6-16-8-5-12-4-7(11)13-8/h4-5H,6H2,1-3H3. The lowest BCUT2D eigenvalue weighted by Gasteiger charge is -2.19. The van der Waals surface area contributed by atoms with Crippen molar-refractivity contribution >= 4 is 29.3 Å². The van der Waals surface area contributed by atoms with Gasteiger partial charge in [-0.1, -0.05) is 23.4 Å². The zero-order chi connectivity index (χ0) is 12.2. The van der Waals surface area contributed by atoms with Crippen molar-refractivity contribution in [2.45, 2.75) is 31.4 Å². The molecule has 0 spiro atoms. The first-order valence-electron chi connectivity index (χ1n) is 4.69. The van der Waals surface area contributed by atoms with E-state index in [4.69, 9.17) is 16.3 Å². The minimum absolute atomic E-state index is 0.201. The molecule has 88 valence electrons. The van der Waals surface area contributed by atoms with Crippen LogP contribution in [0.15, 0.2) is 17.4 Å². The summed E-state index contributed by atoms with van der Waals surface area (Å²) in [4.78, 5) is 19.3. The van der Waals surface area contributed by atoms with E-state index in [9.17, 15) is 4.79 Å². The Labute approximate surface area is 104 Å². The molecule has 0 bridgehead atoms. The number of carbonyl (C=O) groups is 1. The summed E-state index contributed by atoms with van der Waals surface area (Å²) in [6.07, 6.45) is 3.00. The van der Waals surface area contributed by atoms with Gasteiger partial charge in [0.2, 0.25) is 0 Å². The van der Waals surface area contributed by atoms with Crippen molar-refractivity contribution in [1.29, 1.82) is 0 Å². The van der Waals surface area contributed by atoms with Crippen LogP contribution in [-0.4, -0.2) is 27.3 Å². The van der Waals surface area contributed by atoms with E-state index in [-0.39, 0.29) is 11.7 Å². The molecule has 0 aliphatic rings. The molecule has 1 aromatic heterocycles. The molecule has 0 saturated carbocycles. The zero-order valence-electron chi connectivity index (χ0n) is 9.36. The van der Waals surface area contributed by atoms with Crippen molar-refractivity contribution in [2.24, 2.45) is 0 Å². The largest absolute Gasteiger partial charge is 0.459 e. The predicted octanol–water partition coefficient (Wildman–Crippen LogP) is 2.56. The Morgan fingerprint density at radius 2 is 2.19 bits per heavy atom. The third-order valence-corrected chi connectivity index (χ3v) is 2.40. The third-order valence-electron chi connectivity index (χ3n) is 1.34. The Morgan fingerprint density at radius 3 is 2.75 bits per heavy atom. The quantitative estimate of drug-likeness (QED) is 0.618. The third kappa shape index (κ3) is 5.32. The van der Waals surface area contributed by atoms with Gasteiger partial charge in [0, 0.05) is 0 Å². The summed E-state index contributed by atoms with van der Waals surface area (Å²) in [5.74, 6) is -0.0778. The van der Waals surface area contributed by atoms with Crippen LogP contribution in [0.3, 0.4) is 0 Å². The van der Waals surface area contributed by atoms with Crippen LogP contribution in [0.5, 0.6) is 0 Å². The lowest BCUT2D eigenvalue weighted by Crippen LogP contribution is -2.24. The SMILES string of the molecule is CC(C)(C)OC(=O)CSc1cncc(Cl)n1. The highest BCUT2D eigenvalue weighted by Gasteiger charge is 2.16. The van der Waals surface area contributed by atoms with E-state index < -0.39 is 5.60 Å². The highest BCUT2D eigenvalue weighted by Crippen LogP contribution is 2.17. The molecular formula is C10H13ClN2O2S. The average molecular weight is 261 g/mol. The topological polar surface area (TPSA) is 52.1 Å². The average Bonchev–Trinajstić information content (AvgIpc) is 2.12. The molecule has 0 radical (unpaired) electrons. The maximum absolute atomic E-state index is 11.4. The van der Waals surface area contributed by atoms with Crippen molar-refractivity contribution in [2.75, 3.05) is 5.75 Å². The summed E-state index contributed by atoms with van der Waals surface area (Å²) in [6, 6.07) is 0. The number of aromatic nitrogens is 2. The second-order valence-corrected chi connectivity index (χ2v) is 5.44. The second kappa shape index (κ2) is 5.50. The normalized spacial score (nSPS) is 11.2. The molecule has 0 aromatic carbocycles. The second-order valence-electron chi connectivity index (χ2n) is 4.06. The van der Waals surface area contributed by atoms with Gasteiger partial charge >= 0.3 is 5.97 Å². The van der Waals surface area contributed by atoms with Gasteiger partial charge in [-0.2, -0.15) is 0 Å². The van der Waals surface area contributed by atoms with Crippen LogP contribution in [0, 0.1) is 0 Å². The molecule has 0 amide bonds. The fourth-order valence-electron chi connectivity index (χ4n) is 0.899. The van der Waals surface area contributed by atoms with Crippen LogP contribution in [0.4, 0.5) is 0 Å². The number of carbonyl (C=O) groups excluding carboxylic acids is 1. The van der Waals surface area contributed by atoms with Gasteiger partial charge in [0.25, 0.3) is 0 Å². The van der Waals surface area contributed by atoms with E-state index in [1.165, 1.54) is 18.0 Å². The molecule has 0 aliphatic heterocycles. The van der Waals surface area contributed by atoms with E-state index in [1.54, 1.807) is 6.20 Å². The summed E-state index contributed by atoms with van der Waals surface area (Å²) < 4.78 is 5.15. The Bertz CT molecular complexity index is 379. The van der Waals surface area contributed by atoms with E-state index in [1.807, 2.05) is 20.8 Å². The maximum Gasteiger partial charge on any atom is 0.316 e. The number of hydrogen-bond donors (Lipinski definition) is 0. The maximum atomic E-state index is 11.4. The predicted molar refractivity (Wildman–Crippen MR) is 63.6 cm³/mol. The minimum atomic E-state index is -0.461. The first kappa shape index (κ1) is 13.3. The molecule has 0 aliphatic carbocycles. The summed E-state index contributed by atoms with van der Waals surface area (Å²) in [6.45, 7) is 5.48. The van der Waals surface area contributed by atoms with E-state index in [0.29, 0.717) is 10.2 Å². The zero-order valence-corrected chi connectivity index (χ0v) is 10.9. The number of esters is 1. The van der Waals surface area contributed by atoms with E-state index >= 15 is 0 Å². The number of rotatable bonds is 3. The molecule has 4 nitrogen and oxygen atoms in total. The van der Waals surface area contributed by atoms with Crippen LogP contribution in [-0.2, 0) is 9.53 Å². The lowest BCUT2D eigenvalue weighted by molar-refractivity contribution is -0.151. The molecule has 0 fully saturated rings. The van der Waals surface area contributed by atoms with Crippen molar-refractivity contribution in [3.63, 3.8) is 0 Å². The molecule has 0 atom stereocenters. The molecule has 6 heteroatoms. The summed E-state index contributed by atoms with van der Waals surface area (Å²) in [5.41, 5.74) is -0.461. The Kier molecular flexibility index (Phi) is 4.56. The van der Waals surface area contributed by atoms with Gasteiger partial charge in [0.15, 0.2) is 0 Å². The molecular weight excluding hydrogens is 248 g/mol. The van der Waals surface area contributed by atoms with Crippen LogP contribution >= 0.6 is 23.4 Å². The van der Waals surface area contributed by atoms with Crippen molar-refractivity contribution in [3.05, 3.63) is 17.5 Å². The fourth-order valence-corrected chi connectivity index (χ4v) is 1.72. The van der Waals surface area contributed by atoms with Gasteiger partial charge < -0.3 is 4.74 Å². The summed E-state index contributed by atoms with van der Waals surface area (Å²) in [7, 11) is 0. The lowest BCUT2D eigenvalue weighted by atomic mass is 10.2. The molecule has 0 saturated heterocycles. The van der Waals surface area contributed by atoms with Crippen LogP contribution in [0.25, 0.3) is 0 Å². The van der Waals surface area contributed by atoms with E-state index in [0.717, 1.165) is 0 Å². The van der Waals surface area contributed by atoms with Crippen molar-refractivity contribution in [3.8, 4) is 0 Å². The minimum Gasteiger partial charge on any atom is -0.459 e. The Morgan fingerprint density at radius 1 is 1.50 bits per heavy atom.